The molecule has 3 aromatic rings. The van der Waals surface area contributed by atoms with Gasteiger partial charge in [0.2, 0.25) is 11.8 Å². The van der Waals surface area contributed by atoms with Crippen molar-refractivity contribution in [1.82, 2.24) is 10.2 Å². The van der Waals surface area contributed by atoms with E-state index in [1.54, 1.807) is 67.6 Å². The van der Waals surface area contributed by atoms with Crippen LogP contribution in [0.2, 0.25) is 5.02 Å². The van der Waals surface area contributed by atoms with Crippen molar-refractivity contribution in [2.75, 3.05) is 17.4 Å². The van der Waals surface area contributed by atoms with E-state index in [9.17, 15) is 18.0 Å². The zero-order valence-electron chi connectivity index (χ0n) is 21.5. The molecule has 0 aliphatic rings. The minimum Gasteiger partial charge on any atom is -0.354 e. The normalized spacial score (nSPS) is 12.0. The second kappa shape index (κ2) is 13.3. The molecular formula is C28H31BrClN3O4S. The summed E-state index contributed by atoms with van der Waals surface area (Å²) in [5.74, 6) is -0.873. The maximum Gasteiger partial charge on any atom is 0.264 e. The second-order valence-corrected chi connectivity index (χ2v) is 12.1. The first-order chi connectivity index (χ1) is 18.0. The Labute approximate surface area is 238 Å². The van der Waals surface area contributed by atoms with E-state index in [0.717, 1.165) is 16.3 Å². The predicted octanol–water partition coefficient (Wildman–Crippen LogP) is 5.55. The van der Waals surface area contributed by atoms with Gasteiger partial charge >= 0.3 is 0 Å². The number of hydrogen-bond donors (Lipinski definition) is 1. The van der Waals surface area contributed by atoms with Crippen LogP contribution < -0.4 is 9.62 Å². The summed E-state index contributed by atoms with van der Waals surface area (Å²) in [6, 6.07) is 19.4. The lowest BCUT2D eigenvalue weighted by Crippen LogP contribution is -2.51. The van der Waals surface area contributed by atoms with Crippen molar-refractivity contribution in [2.24, 2.45) is 0 Å². The van der Waals surface area contributed by atoms with Gasteiger partial charge < -0.3 is 10.2 Å². The topological polar surface area (TPSA) is 86.8 Å². The highest BCUT2D eigenvalue weighted by Gasteiger charge is 2.32. The highest BCUT2D eigenvalue weighted by Crippen LogP contribution is 2.27. The van der Waals surface area contributed by atoms with Gasteiger partial charge in [-0.2, -0.15) is 0 Å². The summed E-state index contributed by atoms with van der Waals surface area (Å²) in [6.07, 6.45) is 0.738. The van der Waals surface area contributed by atoms with E-state index < -0.39 is 28.5 Å². The number of sulfonamides is 1. The SMILES string of the molecule is CCCNC(=O)[C@H](C)N(Cc1ccccc1Cl)C(=O)CN(c1cccc(Br)c1)S(=O)(=O)c1ccc(C)cc1. The number of anilines is 1. The van der Waals surface area contributed by atoms with Gasteiger partial charge in [0, 0.05) is 22.6 Å². The predicted molar refractivity (Wildman–Crippen MR) is 155 cm³/mol. The standard InChI is InChI=1S/C28H31BrClN3O4S/c1-4-16-31-28(35)21(3)32(18-22-8-5-6-11-26(22)30)27(34)19-33(24-10-7-9-23(29)17-24)38(36,37)25-14-12-20(2)13-15-25/h5-15,17,21H,4,16,18-19H2,1-3H3,(H,31,35)/t21-/m0/s1. The maximum atomic E-state index is 13.9. The van der Waals surface area contributed by atoms with Crippen LogP contribution in [0.3, 0.4) is 0 Å². The molecule has 0 saturated heterocycles. The number of hydrogen-bond acceptors (Lipinski definition) is 4. The Bertz CT molecular complexity index is 1380. The van der Waals surface area contributed by atoms with E-state index in [2.05, 4.69) is 21.2 Å². The summed E-state index contributed by atoms with van der Waals surface area (Å²) in [4.78, 5) is 28.2. The molecule has 0 spiro atoms. The maximum absolute atomic E-state index is 13.9. The monoisotopic (exact) mass is 619 g/mol. The third kappa shape index (κ3) is 7.36. The van der Waals surface area contributed by atoms with Crippen LogP contribution in [0.15, 0.2) is 82.2 Å². The van der Waals surface area contributed by atoms with Crippen molar-refractivity contribution >= 4 is 55.1 Å². The van der Waals surface area contributed by atoms with Crippen molar-refractivity contribution in [3.8, 4) is 0 Å². The van der Waals surface area contributed by atoms with E-state index in [0.29, 0.717) is 27.3 Å². The average Bonchev–Trinajstić information content (AvgIpc) is 2.89. The lowest BCUT2D eigenvalue weighted by molar-refractivity contribution is -0.139. The Morgan fingerprint density at radius 1 is 1.03 bits per heavy atom. The van der Waals surface area contributed by atoms with Crippen molar-refractivity contribution < 1.29 is 18.0 Å². The summed E-state index contributed by atoms with van der Waals surface area (Å²) < 4.78 is 29.4. The summed E-state index contributed by atoms with van der Waals surface area (Å²) in [6.45, 7) is 5.41. The number of nitrogens with one attached hydrogen (secondary N) is 1. The van der Waals surface area contributed by atoms with Crippen LogP contribution in [0.4, 0.5) is 5.69 Å². The molecule has 3 rings (SSSR count). The molecule has 0 radical (unpaired) electrons. The Morgan fingerprint density at radius 3 is 2.34 bits per heavy atom. The molecule has 0 saturated carbocycles. The van der Waals surface area contributed by atoms with E-state index in [1.165, 1.54) is 17.0 Å². The van der Waals surface area contributed by atoms with Crippen LogP contribution in [0.5, 0.6) is 0 Å². The van der Waals surface area contributed by atoms with Gasteiger partial charge in [-0.25, -0.2) is 8.42 Å². The van der Waals surface area contributed by atoms with Gasteiger partial charge in [-0.05, 0) is 62.2 Å². The van der Waals surface area contributed by atoms with Gasteiger partial charge in [0.15, 0.2) is 0 Å². The molecule has 1 atom stereocenters. The fourth-order valence-corrected chi connectivity index (χ4v) is 5.77. The Balaban J connectivity index is 2.03. The van der Waals surface area contributed by atoms with Crippen molar-refractivity contribution in [3.63, 3.8) is 0 Å². The molecule has 202 valence electrons. The molecule has 2 amide bonds. The fraction of sp³-hybridized carbons (Fsp3) is 0.286. The van der Waals surface area contributed by atoms with E-state index in [4.69, 9.17) is 11.6 Å². The van der Waals surface area contributed by atoms with Crippen LogP contribution in [0.1, 0.15) is 31.4 Å². The molecule has 0 fully saturated rings. The van der Waals surface area contributed by atoms with E-state index in [-0.39, 0.29) is 17.3 Å². The molecule has 0 bridgehead atoms. The van der Waals surface area contributed by atoms with Crippen molar-refractivity contribution in [2.45, 2.75) is 44.7 Å². The molecule has 3 aromatic carbocycles. The molecular weight excluding hydrogens is 590 g/mol. The van der Waals surface area contributed by atoms with E-state index >= 15 is 0 Å². The molecule has 0 aliphatic heterocycles. The number of amides is 2. The first-order valence-corrected chi connectivity index (χ1v) is 14.8. The van der Waals surface area contributed by atoms with Crippen LogP contribution >= 0.6 is 27.5 Å². The van der Waals surface area contributed by atoms with Gasteiger partial charge in [0.25, 0.3) is 10.0 Å². The Hall–Kier alpha value is -2.88. The lowest BCUT2D eigenvalue weighted by Gasteiger charge is -2.32. The number of benzene rings is 3. The fourth-order valence-electron chi connectivity index (χ4n) is 3.79. The average molecular weight is 621 g/mol. The first-order valence-electron chi connectivity index (χ1n) is 12.2. The number of carbonyl (C=O) groups excluding carboxylic acids is 2. The number of halogens is 2. The lowest BCUT2D eigenvalue weighted by atomic mass is 10.1. The minimum atomic E-state index is -4.12. The number of rotatable bonds is 11. The summed E-state index contributed by atoms with van der Waals surface area (Å²) >= 11 is 9.77. The molecule has 10 heteroatoms. The highest BCUT2D eigenvalue weighted by atomic mass is 79.9. The van der Waals surface area contributed by atoms with Gasteiger partial charge in [0.1, 0.15) is 12.6 Å². The Kier molecular flexibility index (Phi) is 10.4. The van der Waals surface area contributed by atoms with Crippen molar-refractivity contribution in [3.05, 3.63) is 93.4 Å². The van der Waals surface area contributed by atoms with E-state index in [1.807, 2.05) is 13.8 Å². The quantitative estimate of drug-likeness (QED) is 0.305. The number of nitrogens with zero attached hydrogens (tertiary/aromatic N) is 2. The zero-order valence-corrected chi connectivity index (χ0v) is 24.7. The molecule has 0 aliphatic carbocycles. The van der Waals surface area contributed by atoms with Crippen LogP contribution in [-0.2, 0) is 26.2 Å². The second-order valence-electron chi connectivity index (χ2n) is 8.88. The summed E-state index contributed by atoms with van der Waals surface area (Å²) in [5, 5.41) is 3.26. The summed E-state index contributed by atoms with van der Waals surface area (Å²) in [7, 11) is -4.12. The third-order valence-corrected chi connectivity index (χ3v) is 8.65. The number of carbonyl (C=O) groups is 2. The Morgan fingerprint density at radius 2 is 1.71 bits per heavy atom. The largest absolute Gasteiger partial charge is 0.354 e. The molecule has 0 aromatic heterocycles. The highest BCUT2D eigenvalue weighted by molar-refractivity contribution is 9.10. The molecule has 7 nitrogen and oxygen atoms in total. The molecule has 38 heavy (non-hydrogen) atoms. The van der Waals surface area contributed by atoms with Gasteiger partial charge in [-0.15, -0.1) is 0 Å². The van der Waals surface area contributed by atoms with Crippen LogP contribution in [-0.4, -0.2) is 44.3 Å². The first kappa shape index (κ1) is 29.7. The van der Waals surface area contributed by atoms with Gasteiger partial charge in [-0.1, -0.05) is 76.4 Å². The molecule has 0 unspecified atom stereocenters. The van der Waals surface area contributed by atoms with Gasteiger partial charge in [0.05, 0.1) is 10.6 Å². The number of aryl methyl sites for hydroxylation is 1. The molecule has 0 heterocycles. The van der Waals surface area contributed by atoms with Crippen molar-refractivity contribution in [1.29, 1.82) is 0 Å². The smallest absolute Gasteiger partial charge is 0.264 e. The third-order valence-electron chi connectivity index (χ3n) is 6.00. The molecule has 1 N–H and O–H groups in total. The summed E-state index contributed by atoms with van der Waals surface area (Å²) in [5.41, 5.74) is 1.87. The zero-order chi connectivity index (χ0) is 27.9. The van der Waals surface area contributed by atoms with Crippen LogP contribution in [0.25, 0.3) is 0 Å². The minimum absolute atomic E-state index is 0.0378. The van der Waals surface area contributed by atoms with Crippen LogP contribution in [0, 0.1) is 6.92 Å². The van der Waals surface area contributed by atoms with Gasteiger partial charge in [-0.3, -0.25) is 13.9 Å².